The molecule has 100 valence electrons. The van der Waals surface area contributed by atoms with Crippen molar-refractivity contribution in [2.24, 2.45) is 5.73 Å². The summed E-state index contributed by atoms with van der Waals surface area (Å²) in [5.74, 6) is 1.06. The zero-order valence-electron chi connectivity index (χ0n) is 11.5. The molecular weight excluding hydrogens is 234 g/mol. The van der Waals surface area contributed by atoms with Crippen LogP contribution in [0, 0.1) is 0 Å². The van der Waals surface area contributed by atoms with E-state index >= 15 is 0 Å². The number of benzene rings is 1. The van der Waals surface area contributed by atoms with Gasteiger partial charge in [0.1, 0.15) is 5.82 Å². The number of nitrogens with two attached hydrogens (primary N) is 1. The fourth-order valence-electron chi connectivity index (χ4n) is 3.07. The molecule has 0 unspecified atom stereocenters. The molecule has 2 N–H and O–H groups in total. The highest BCUT2D eigenvalue weighted by Crippen LogP contribution is 2.29. The Bertz CT molecular complexity index is 573. The third-order valence-electron chi connectivity index (χ3n) is 4.21. The van der Waals surface area contributed by atoms with Crippen molar-refractivity contribution < 1.29 is 0 Å². The van der Waals surface area contributed by atoms with E-state index in [1.54, 1.807) is 0 Å². The van der Waals surface area contributed by atoms with Crippen LogP contribution in [0.2, 0.25) is 0 Å². The maximum absolute atomic E-state index is 5.91. The minimum Gasteiger partial charge on any atom is -0.356 e. The summed E-state index contributed by atoms with van der Waals surface area (Å²) in [5, 5.41) is 1.17. The van der Waals surface area contributed by atoms with Crippen LogP contribution in [0.25, 0.3) is 10.9 Å². The second-order valence-electron chi connectivity index (χ2n) is 5.42. The molecule has 0 spiro atoms. The smallest absolute Gasteiger partial charge is 0.133 e. The van der Waals surface area contributed by atoms with Crippen molar-refractivity contribution >= 4 is 16.7 Å². The van der Waals surface area contributed by atoms with E-state index in [2.05, 4.69) is 30.1 Å². The molecule has 1 aliphatic rings. The number of anilines is 1. The third-order valence-corrected chi connectivity index (χ3v) is 4.21. The summed E-state index contributed by atoms with van der Waals surface area (Å²) in [6, 6.07) is 11.1. The van der Waals surface area contributed by atoms with Crippen molar-refractivity contribution in [2.45, 2.75) is 38.3 Å². The summed E-state index contributed by atoms with van der Waals surface area (Å²) >= 11 is 0. The van der Waals surface area contributed by atoms with Crippen LogP contribution in [0.15, 0.2) is 30.3 Å². The Labute approximate surface area is 114 Å². The van der Waals surface area contributed by atoms with Crippen LogP contribution in [0.5, 0.6) is 0 Å². The molecular formula is C16H21N3. The van der Waals surface area contributed by atoms with Crippen molar-refractivity contribution in [2.75, 3.05) is 11.9 Å². The second kappa shape index (κ2) is 5.17. The Morgan fingerprint density at radius 1 is 1.26 bits per heavy atom. The topological polar surface area (TPSA) is 42.2 Å². The lowest BCUT2D eigenvalue weighted by molar-refractivity contribution is 0.644. The average molecular weight is 255 g/mol. The molecule has 3 nitrogen and oxygen atoms in total. The van der Waals surface area contributed by atoms with Crippen molar-refractivity contribution in [1.82, 2.24) is 4.98 Å². The second-order valence-corrected chi connectivity index (χ2v) is 5.42. The van der Waals surface area contributed by atoms with Gasteiger partial charge in [0.05, 0.1) is 5.52 Å². The largest absolute Gasteiger partial charge is 0.356 e. The van der Waals surface area contributed by atoms with Crippen molar-refractivity contribution in [3.8, 4) is 0 Å². The van der Waals surface area contributed by atoms with E-state index in [4.69, 9.17) is 10.7 Å². The number of nitrogens with zero attached hydrogens (tertiary/aromatic N) is 2. The number of hydrogen-bond acceptors (Lipinski definition) is 3. The van der Waals surface area contributed by atoms with Crippen molar-refractivity contribution in [1.29, 1.82) is 0 Å². The number of pyridine rings is 1. The Morgan fingerprint density at radius 3 is 2.74 bits per heavy atom. The van der Waals surface area contributed by atoms with Gasteiger partial charge in [0.25, 0.3) is 0 Å². The highest BCUT2D eigenvalue weighted by Gasteiger charge is 2.22. The SMILES string of the molecule is CN(c1nc2ccccc2cc1CN)C1CCCC1. The molecule has 1 aromatic heterocycles. The first-order chi connectivity index (χ1) is 9.29. The minimum absolute atomic E-state index is 0.546. The molecule has 3 heteroatoms. The molecule has 19 heavy (non-hydrogen) atoms. The maximum atomic E-state index is 5.91. The van der Waals surface area contributed by atoms with Crippen LogP contribution < -0.4 is 10.6 Å². The zero-order chi connectivity index (χ0) is 13.2. The molecule has 1 fully saturated rings. The van der Waals surface area contributed by atoms with Crippen LogP contribution >= 0.6 is 0 Å². The quantitative estimate of drug-likeness (QED) is 0.916. The van der Waals surface area contributed by atoms with E-state index in [1.807, 2.05) is 12.1 Å². The van der Waals surface area contributed by atoms with Gasteiger partial charge in [-0.2, -0.15) is 0 Å². The van der Waals surface area contributed by atoms with E-state index in [-0.39, 0.29) is 0 Å². The minimum atomic E-state index is 0.546. The van der Waals surface area contributed by atoms with Crippen LogP contribution in [-0.4, -0.2) is 18.1 Å². The van der Waals surface area contributed by atoms with Crippen LogP contribution in [0.4, 0.5) is 5.82 Å². The van der Waals surface area contributed by atoms with Gasteiger partial charge < -0.3 is 10.6 Å². The number of fused-ring (bicyclic) bond motifs is 1. The van der Waals surface area contributed by atoms with Gasteiger partial charge in [-0.15, -0.1) is 0 Å². The van der Waals surface area contributed by atoms with E-state index in [1.165, 1.54) is 31.1 Å². The van der Waals surface area contributed by atoms with Gasteiger partial charge in [0.15, 0.2) is 0 Å². The Morgan fingerprint density at radius 2 is 2.00 bits per heavy atom. The van der Waals surface area contributed by atoms with E-state index in [9.17, 15) is 0 Å². The van der Waals surface area contributed by atoms with E-state index in [0.29, 0.717) is 12.6 Å². The number of rotatable bonds is 3. The van der Waals surface area contributed by atoms with Gasteiger partial charge in [-0.25, -0.2) is 4.98 Å². The van der Waals surface area contributed by atoms with Gasteiger partial charge in [-0.05, 0) is 25.0 Å². The summed E-state index contributed by atoms with van der Waals surface area (Å²) in [7, 11) is 2.16. The first-order valence-corrected chi connectivity index (χ1v) is 7.11. The van der Waals surface area contributed by atoms with E-state index < -0.39 is 0 Å². The summed E-state index contributed by atoms with van der Waals surface area (Å²) in [4.78, 5) is 7.17. The molecule has 1 heterocycles. The molecule has 1 aromatic carbocycles. The number of aromatic nitrogens is 1. The molecule has 0 radical (unpaired) electrons. The first kappa shape index (κ1) is 12.4. The lowest BCUT2D eigenvalue weighted by Gasteiger charge is -2.27. The normalized spacial score (nSPS) is 16.1. The lowest BCUT2D eigenvalue weighted by atomic mass is 10.1. The van der Waals surface area contributed by atoms with Crippen molar-refractivity contribution in [3.63, 3.8) is 0 Å². The average Bonchev–Trinajstić information content (AvgIpc) is 2.99. The maximum Gasteiger partial charge on any atom is 0.133 e. The predicted octanol–water partition coefficient (Wildman–Crippen LogP) is 3.07. The Balaban J connectivity index is 2.05. The fourth-order valence-corrected chi connectivity index (χ4v) is 3.07. The monoisotopic (exact) mass is 255 g/mol. The highest BCUT2D eigenvalue weighted by atomic mass is 15.2. The van der Waals surface area contributed by atoms with E-state index in [0.717, 1.165) is 16.9 Å². The van der Waals surface area contributed by atoms with Crippen LogP contribution in [0.1, 0.15) is 31.2 Å². The molecule has 0 atom stereocenters. The van der Waals surface area contributed by atoms with Crippen LogP contribution in [0.3, 0.4) is 0 Å². The molecule has 0 aliphatic heterocycles. The summed E-state index contributed by atoms with van der Waals surface area (Å²) in [6.07, 6.45) is 5.21. The van der Waals surface area contributed by atoms with Gasteiger partial charge >= 0.3 is 0 Å². The van der Waals surface area contributed by atoms with Gasteiger partial charge in [0.2, 0.25) is 0 Å². The van der Waals surface area contributed by atoms with Gasteiger partial charge in [0, 0.05) is 30.6 Å². The van der Waals surface area contributed by atoms with Gasteiger partial charge in [-0.3, -0.25) is 0 Å². The summed E-state index contributed by atoms with van der Waals surface area (Å²) in [6.45, 7) is 0.546. The Hall–Kier alpha value is -1.61. The molecule has 0 amide bonds. The standard InChI is InChI=1S/C16H21N3/c1-19(14-7-3-4-8-14)16-13(11-17)10-12-6-2-5-9-15(12)18-16/h2,5-6,9-10,14H,3-4,7-8,11,17H2,1H3. The lowest BCUT2D eigenvalue weighted by Crippen LogP contribution is -2.30. The molecule has 1 saturated carbocycles. The highest BCUT2D eigenvalue weighted by molar-refractivity contribution is 5.81. The number of para-hydroxylation sites is 1. The predicted molar refractivity (Wildman–Crippen MR) is 80.3 cm³/mol. The number of hydrogen-bond donors (Lipinski definition) is 1. The van der Waals surface area contributed by atoms with Crippen molar-refractivity contribution in [3.05, 3.63) is 35.9 Å². The first-order valence-electron chi connectivity index (χ1n) is 7.11. The van der Waals surface area contributed by atoms with Gasteiger partial charge in [-0.1, -0.05) is 31.0 Å². The molecule has 0 bridgehead atoms. The molecule has 1 aliphatic carbocycles. The summed E-state index contributed by atoms with van der Waals surface area (Å²) < 4.78 is 0. The molecule has 0 saturated heterocycles. The zero-order valence-corrected chi connectivity index (χ0v) is 11.5. The molecule has 3 rings (SSSR count). The molecule has 2 aromatic rings. The fraction of sp³-hybridized carbons (Fsp3) is 0.438. The third kappa shape index (κ3) is 2.30. The van der Waals surface area contributed by atoms with Crippen LogP contribution in [-0.2, 0) is 6.54 Å². The Kier molecular flexibility index (Phi) is 3.38. The summed E-state index contributed by atoms with van der Waals surface area (Å²) in [5.41, 5.74) is 8.11.